The van der Waals surface area contributed by atoms with Gasteiger partial charge in [0.15, 0.2) is 0 Å². The number of aromatic nitrogens is 2. The molecule has 6 heteroatoms. The van der Waals surface area contributed by atoms with E-state index in [1.54, 1.807) is 4.68 Å². The molecule has 2 rings (SSSR count). The first-order valence-corrected chi connectivity index (χ1v) is 6.86. The van der Waals surface area contributed by atoms with E-state index < -0.39 is 17.8 Å². The fourth-order valence-electron chi connectivity index (χ4n) is 2.21. The number of hydrogen-bond donors (Lipinski definition) is 1. The lowest BCUT2D eigenvalue weighted by Gasteiger charge is -2.15. The van der Waals surface area contributed by atoms with Gasteiger partial charge >= 0.3 is 6.18 Å². The molecule has 21 heavy (non-hydrogen) atoms. The van der Waals surface area contributed by atoms with E-state index in [2.05, 4.69) is 5.10 Å². The van der Waals surface area contributed by atoms with Crippen LogP contribution >= 0.6 is 0 Å². The average molecular weight is 297 g/mol. The molecule has 2 N–H and O–H groups in total. The van der Waals surface area contributed by atoms with E-state index in [9.17, 15) is 13.2 Å². The largest absolute Gasteiger partial charge is 0.416 e. The van der Waals surface area contributed by atoms with E-state index in [0.717, 1.165) is 29.9 Å². The van der Waals surface area contributed by atoms with E-state index in [-0.39, 0.29) is 0 Å². The second-order valence-electron chi connectivity index (χ2n) is 4.83. The number of nitrogens with zero attached hydrogens (tertiary/aromatic N) is 2. The molecule has 0 saturated heterocycles. The van der Waals surface area contributed by atoms with Gasteiger partial charge in [-0.15, -0.1) is 0 Å². The molecule has 2 aromatic rings. The molecule has 1 aromatic heterocycles. The van der Waals surface area contributed by atoms with Crippen LogP contribution in [0.1, 0.15) is 42.4 Å². The molecule has 0 bridgehead atoms. The highest BCUT2D eigenvalue weighted by Gasteiger charge is 2.30. The Morgan fingerprint density at radius 3 is 2.29 bits per heavy atom. The maximum absolute atomic E-state index is 12.6. The molecule has 1 aromatic carbocycles. The summed E-state index contributed by atoms with van der Waals surface area (Å²) in [5, 5.41) is 4.41. The molecule has 0 radical (unpaired) electrons. The third-order valence-electron chi connectivity index (χ3n) is 3.44. The van der Waals surface area contributed by atoms with Crippen LogP contribution in [0.15, 0.2) is 30.3 Å². The van der Waals surface area contributed by atoms with Crippen molar-refractivity contribution in [3.8, 4) is 0 Å². The SMILES string of the molecule is CCc1cc(C(N)c2ccc(C(F)(F)F)cc2)n(CC)n1. The van der Waals surface area contributed by atoms with Crippen LogP contribution in [0.25, 0.3) is 0 Å². The van der Waals surface area contributed by atoms with Crippen LogP contribution in [0, 0.1) is 0 Å². The Hall–Kier alpha value is -1.82. The van der Waals surface area contributed by atoms with Gasteiger partial charge in [-0.3, -0.25) is 4.68 Å². The standard InChI is InChI=1S/C15H18F3N3/c1-3-12-9-13(21(4-2)20-12)14(19)10-5-7-11(8-6-10)15(16,17)18/h5-9,14H,3-4,19H2,1-2H3. The lowest BCUT2D eigenvalue weighted by molar-refractivity contribution is -0.137. The molecule has 1 unspecified atom stereocenters. The summed E-state index contributed by atoms with van der Waals surface area (Å²) in [6.45, 7) is 4.62. The van der Waals surface area contributed by atoms with Crippen LogP contribution in [-0.4, -0.2) is 9.78 Å². The Balaban J connectivity index is 2.31. The summed E-state index contributed by atoms with van der Waals surface area (Å²) in [5.74, 6) is 0. The number of aryl methyl sites for hydroxylation is 2. The van der Waals surface area contributed by atoms with Gasteiger partial charge in [0.2, 0.25) is 0 Å². The molecule has 0 aliphatic heterocycles. The van der Waals surface area contributed by atoms with E-state index >= 15 is 0 Å². The third-order valence-corrected chi connectivity index (χ3v) is 3.44. The van der Waals surface area contributed by atoms with Crippen molar-refractivity contribution in [2.45, 2.75) is 39.0 Å². The maximum Gasteiger partial charge on any atom is 0.416 e. The molecule has 3 nitrogen and oxygen atoms in total. The Bertz CT molecular complexity index is 600. The molecule has 1 atom stereocenters. The number of alkyl halides is 3. The van der Waals surface area contributed by atoms with Gasteiger partial charge in [0, 0.05) is 6.54 Å². The van der Waals surface area contributed by atoms with E-state index in [0.29, 0.717) is 12.1 Å². The zero-order chi connectivity index (χ0) is 15.6. The van der Waals surface area contributed by atoms with Gasteiger partial charge < -0.3 is 5.73 Å². The summed E-state index contributed by atoms with van der Waals surface area (Å²) < 4.78 is 39.5. The molecule has 0 aliphatic rings. The Labute approximate surface area is 121 Å². The van der Waals surface area contributed by atoms with Crippen LogP contribution in [0.4, 0.5) is 13.2 Å². The smallest absolute Gasteiger partial charge is 0.319 e. The molecule has 1 heterocycles. The Kier molecular flexibility index (Phi) is 4.37. The number of nitrogens with two attached hydrogens (primary N) is 1. The molecule has 0 spiro atoms. The number of hydrogen-bond acceptors (Lipinski definition) is 2. The first kappa shape index (κ1) is 15.6. The van der Waals surface area contributed by atoms with Crippen LogP contribution in [0.3, 0.4) is 0 Å². The van der Waals surface area contributed by atoms with Crippen molar-refractivity contribution in [3.63, 3.8) is 0 Å². The molecule has 0 amide bonds. The monoisotopic (exact) mass is 297 g/mol. The molecule has 0 saturated carbocycles. The van der Waals surface area contributed by atoms with Gasteiger partial charge in [-0.25, -0.2) is 0 Å². The van der Waals surface area contributed by atoms with Crippen molar-refractivity contribution in [1.29, 1.82) is 0 Å². The second-order valence-corrected chi connectivity index (χ2v) is 4.83. The van der Waals surface area contributed by atoms with Gasteiger partial charge in [-0.1, -0.05) is 19.1 Å². The molecule has 0 aliphatic carbocycles. The Morgan fingerprint density at radius 2 is 1.81 bits per heavy atom. The normalized spacial score (nSPS) is 13.4. The quantitative estimate of drug-likeness (QED) is 0.938. The number of benzene rings is 1. The molecule has 114 valence electrons. The average Bonchev–Trinajstić information content (AvgIpc) is 2.89. The van der Waals surface area contributed by atoms with E-state index in [4.69, 9.17) is 5.73 Å². The van der Waals surface area contributed by atoms with Crippen LogP contribution < -0.4 is 5.73 Å². The Morgan fingerprint density at radius 1 is 1.19 bits per heavy atom. The topological polar surface area (TPSA) is 43.8 Å². The van der Waals surface area contributed by atoms with Crippen molar-refractivity contribution in [1.82, 2.24) is 9.78 Å². The highest BCUT2D eigenvalue weighted by Crippen LogP contribution is 2.30. The summed E-state index contributed by atoms with van der Waals surface area (Å²) in [6, 6.07) is 6.38. The predicted octanol–water partition coefficient (Wildman–Crippen LogP) is 3.53. The second kappa shape index (κ2) is 5.89. The van der Waals surface area contributed by atoms with Gasteiger partial charge in [0.05, 0.1) is 23.0 Å². The van der Waals surface area contributed by atoms with Crippen LogP contribution in [0.5, 0.6) is 0 Å². The first-order chi connectivity index (χ1) is 9.86. The summed E-state index contributed by atoms with van der Waals surface area (Å²) in [7, 11) is 0. The van der Waals surface area contributed by atoms with Crippen molar-refractivity contribution < 1.29 is 13.2 Å². The molecular weight excluding hydrogens is 279 g/mol. The first-order valence-electron chi connectivity index (χ1n) is 6.86. The van der Waals surface area contributed by atoms with E-state index in [1.807, 2.05) is 19.9 Å². The maximum atomic E-state index is 12.6. The fourth-order valence-corrected chi connectivity index (χ4v) is 2.21. The van der Waals surface area contributed by atoms with Gasteiger partial charge in [0.1, 0.15) is 0 Å². The van der Waals surface area contributed by atoms with E-state index in [1.165, 1.54) is 12.1 Å². The lowest BCUT2D eigenvalue weighted by atomic mass is 10.0. The minimum atomic E-state index is -4.33. The summed E-state index contributed by atoms with van der Waals surface area (Å²) >= 11 is 0. The van der Waals surface area contributed by atoms with Gasteiger partial charge in [-0.2, -0.15) is 18.3 Å². The summed E-state index contributed by atoms with van der Waals surface area (Å²) in [6.07, 6.45) is -3.54. The molecular formula is C15H18F3N3. The lowest BCUT2D eigenvalue weighted by Crippen LogP contribution is -2.17. The highest BCUT2D eigenvalue weighted by atomic mass is 19.4. The fraction of sp³-hybridized carbons (Fsp3) is 0.400. The zero-order valence-corrected chi connectivity index (χ0v) is 12.0. The highest BCUT2D eigenvalue weighted by molar-refractivity contribution is 5.32. The predicted molar refractivity (Wildman–Crippen MR) is 74.8 cm³/mol. The zero-order valence-electron chi connectivity index (χ0n) is 12.0. The summed E-state index contributed by atoms with van der Waals surface area (Å²) in [4.78, 5) is 0. The van der Waals surface area contributed by atoms with Crippen LogP contribution in [0.2, 0.25) is 0 Å². The van der Waals surface area contributed by atoms with Crippen molar-refractivity contribution in [2.75, 3.05) is 0 Å². The van der Waals surface area contributed by atoms with Crippen LogP contribution in [-0.2, 0) is 19.1 Å². The molecule has 0 fully saturated rings. The van der Waals surface area contributed by atoms with Gasteiger partial charge in [-0.05, 0) is 37.1 Å². The third kappa shape index (κ3) is 3.26. The van der Waals surface area contributed by atoms with Crippen molar-refractivity contribution >= 4 is 0 Å². The summed E-state index contributed by atoms with van der Waals surface area (Å²) in [5.41, 5.74) is 7.89. The van der Waals surface area contributed by atoms with Gasteiger partial charge in [0.25, 0.3) is 0 Å². The minimum absolute atomic E-state index is 0.486. The minimum Gasteiger partial charge on any atom is -0.319 e. The number of rotatable bonds is 4. The van der Waals surface area contributed by atoms with Crippen molar-refractivity contribution in [2.24, 2.45) is 5.73 Å². The number of halogens is 3. The van der Waals surface area contributed by atoms with Crippen molar-refractivity contribution in [3.05, 3.63) is 52.8 Å².